The molecule has 4 rings (SSSR count). The van der Waals surface area contributed by atoms with Crippen molar-refractivity contribution in [3.63, 3.8) is 0 Å². The second kappa shape index (κ2) is 8.52. The molecule has 0 saturated carbocycles. The van der Waals surface area contributed by atoms with Crippen molar-refractivity contribution in [3.8, 4) is 0 Å². The fraction of sp³-hybridized carbons (Fsp3) is 0.333. The first kappa shape index (κ1) is 20.5. The fourth-order valence-electron chi connectivity index (χ4n) is 4.02. The number of hydrogen-bond acceptors (Lipinski definition) is 3. The number of anilines is 1. The van der Waals surface area contributed by atoms with Crippen LogP contribution in [0.25, 0.3) is 0 Å². The van der Waals surface area contributed by atoms with Crippen LogP contribution in [0.4, 0.5) is 5.69 Å². The van der Waals surface area contributed by atoms with Crippen LogP contribution in [0, 0.1) is 20.8 Å². The highest BCUT2D eigenvalue weighted by Crippen LogP contribution is 2.25. The van der Waals surface area contributed by atoms with Gasteiger partial charge in [0.2, 0.25) is 0 Å². The Labute approximate surface area is 182 Å². The number of rotatable bonds is 4. The van der Waals surface area contributed by atoms with Gasteiger partial charge in [0.05, 0.1) is 12.2 Å². The summed E-state index contributed by atoms with van der Waals surface area (Å²) >= 11 is 6.17. The lowest BCUT2D eigenvalue weighted by molar-refractivity contribution is 0.0747. The van der Waals surface area contributed by atoms with Crippen LogP contribution < -0.4 is 4.90 Å². The van der Waals surface area contributed by atoms with E-state index >= 15 is 0 Å². The maximum Gasteiger partial charge on any atom is 0.253 e. The number of carbonyl (C=O) groups is 1. The van der Waals surface area contributed by atoms with Crippen molar-refractivity contribution in [2.24, 2.45) is 0 Å². The highest BCUT2D eigenvalue weighted by Gasteiger charge is 2.23. The first-order valence-electron chi connectivity index (χ1n) is 10.3. The minimum atomic E-state index is 0.0927. The molecule has 1 fully saturated rings. The molecule has 0 N–H and O–H groups in total. The third-order valence-electron chi connectivity index (χ3n) is 5.72. The van der Waals surface area contributed by atoms with E-state index in [2.05, 4.69) is 29.9 Å². The Balaban J connectivity index is 1.38. The van der Waals surface area contributed by atoms with Crippen LogP contribution in [0.1, 0.15) is 32.9 Å². The molecule has 30 heavy (non-hydrogen) atoms. The lowest BCUT2D eigenvalue weighted by atomic mass is 10.1. The number of nitrogens with zero attached hydrogens (tertiary/aromatic N) is 4. The first-order chi connectivity index (χ1) is 14.4. The van der Waals surface area contributed by atoms with E-state index in [1.54, 1.807) is 0 Å². The molecule has 156 valence electrons. The van der Waals surface area contributed by atoms with Crippen molar-refractivity contribution in [2.75, 3.05) is 31.1 Å². The zero-order valence-corrected chi connectivity index (χ0v) is 18.5. The van der Waals surface area contributed by atoms with Gasteiger partial charge in [0.1, 0.15) is 0 Å². The molecule has 1 saturated heterocycles. The van der Waals surface area contributed by atoms with Gasteiger partial charge in [-0.1, -0.05) is 29.8 Å². The Morgan fingerprint density at radius 3 is 2.30 bits per heavy atom. The van der Waals surface area contributed by atoms with Crippen LogP contribution in [0.3, 0.4) is 0 Å². The summed E-state index contributed by atoms with van der Waals surface area (Å²) in [5.74, 6) is 0.0927. The van der Waals surface area contributed by atoms with Crippen LogP contribution in [-0.4, -0.2) is 46.8 Å². The minimum Gasteiger partial charge on any atom is -0.368 e. The van der Waals surface area contributed by atoms with Crippen LogP contribution in [0.15, 0.2) is 48.5 Å². The third-order valence-corrected chi connectivity index (χ3v) is 5.95. The fourth-order valence-corrected chi connectivity index (χ4v) is 4.18. The molecule has 0 bridgehead atoms. The molecule has 3 aromatic rings. The molecule has 1 amide bonds. The lowest BCUT2D eigenvalue weighted by Crippen LogP contribution is -2.49. The number of piperazine rings is 1. The van der Waals surface area contributed by atoms with Crippen molar-refractivity contribution in [2.45, 2.75) is 27.3 Å². The number of carbonyl (C=O) groups excluding carboxylic acids is 1. The van der Waals surface area contributed by atoms with Gasteiger partial charge in [-0.2, -0.15) is 5.10 Å². The molecule has 0 atom stereocenters. The predicted octanol–water partition coefficient (Wildman–Crippen LogP) is 4.47. The Morgan fingerprint density at radius 1 is 0.967 bits per heavy atom. The minimum absolute atomic E-state index is 0.0927. The molecule has 1 aromatic heterocycles. The summed E-state index contributed by atoms with van der Waals surface area (Å²) in [5.41, 5.74) is 6.39. The van der Waals surface area contributed by atoms with Crippen molar-refractivity contribution in [1.29, 1.82) is 0 Å². The van der Waals surface area contributed by atoms with Gasteiger partial charge in [-0.3, -0.25) is 9.48 Å². The van der Waals surface area contributed by atoms with Gasteiger partial charge in [-0.25, -0.2) is 0 Å². The molecule has 0 spiro atoms. The summed E-state index contributed by atoms with van der Waals surface area (Å²) in [6, 6.07) is 15.9. The Morgan fingerprint density at radius 2 is 1.67 bits per heavy atom. The molecular weight excluding hydrogens is 396 g/mol. The van der Waals surface area contributed by atoms with Gasteiger partial charge in [-0.05, 0) is 62.2 Å². The molecule has 0 radical (unpaired) electrons. The summed E-state index contributed by atoms with van der Waals surface area (Å²) in [7, 11) is 0. The third kappa shape index (κ3) is 4.36. The smallest absolute Gasteiger partial charge is 0.253 e. The van der Waals surface area contributed by atoms with Crippen LogP contribution >= 0.6 is 11.6 Å². The number of amides is 1. The number of aryl methyl sites for hydroxylation is 3. The van der Waals surface area contributed by atoms with Crippen molar-refractivity contribution < 1.29 is 4.79 Å². The van der Waals surface area contributed by atoms with Crippen molar-refractivity contribution in [1.82, 2.24) is 14.7 Å². The average Bonchev–Trinajstić information content (AvgIpc) is 3.06. The number of aromatic nitrogens is 2. The zero-order valence-electron chi connectivity index (χ0n) is 17.7. The zero-order chi connectivity index (χ0) is 21.3. The Bertz CT molecular complexity index is 1050. The van der Waals surface area contributed by atoms with E-state index in [4.69, 9.17) is 11.6 Å². The molecule has 5 nitrogen and oxygen atoms in total. The van der Waals surface area contributed by atoms with Gasteiger partial charge in [0, 0.05) is 48.1 Å². The van der Waals surface area contributed by atoms with Crippen molar-refractivity contribution >= 4 is 23.2 Å². The van der Waals surface area contributed by atoms with Gasteiger partial charge >= 0.3 is 0 Å². The van der Waals surface area contributed by atoms with E-state index in [1.165, 1.54) is 5.56 Å². The van der Waals surface area contributed by atoms with Gasteiger partial charge in [0.25, 0.3) is 5.91 Å². The number of halogens is 1. The second-order valence-electron chi connectivity index (χ2n) is 7.99. The summed E-state index contributed by atoms with van der Waals surface area (Å²) in [6.07, 6.45) is 0. The molecule has 2 heterocycles. The highest BCUT2D eigenvalue weighted by atomic mass is 35.5. The summed E-state index contributed by atoms with van der Waals surface area (Å²) in [4.78, 5) is 17.2. The van der Waals surface area contributed by atoms with E-state index < -0.39 is 0 Å². The quantitative estimate of drug-likeness (QED) is 0.622. The molecule has 2 aromatic carbocycles. The molecule has 0 aliphatic carbocycles. The summed E-state index contributed by atoms with van der Waals surface area (Å²) < 4.78 is 1.99. The largest absolute Gasteiger partial charge is 0.368 e. The SMILES string of the molecule is Cc1cc(C)n(Cc2ccc(C(=O)N3CCN(c4cc(Cl)ccc4C)CC3)cc2)n1. The Kier molecular flexibility index (Phi) is 5.82. The maximum atomic E-state index is 13.0. The molecule has 1 aliphatic heterocycles. The van der Waals surface area contributed by atoms with E-state index in [-0.39, 0.29) is 5.91 Å². The Hall–Kier alpha value is -2.79. The number of hydrogen-bond donors (Lipinski definition) is 0. The average molecular weight is 423 g/mol. The lowest BCUT2D eigenvalue weighted by Gasteiger charge is -2.37. The van der Waals surface area contributed by atoms with Gasteiger partial charge in [-0.15, -0.1) is 0 Å². The van der Waals surface area contributed by atoms with E-state index in [0.717, 1.165) is 46.3 Å². The monoisotopic (exact) mass is 422 g/mol. The summed E-state index contributed by atoms with van der Waals surface area (Å²) in [5, 5.41) is 5.25. The normalized spacial score (nSPS) is 14.3. The summed E-state index contributed by atoms with van der Waals surface area (Å²) in [6.45, 7) is 9.90. The highest BCUT2D eigenvalue weighted by molar-refractivity contribution is 6.30. The van der Waals surface area contributed by atoms with Crippen LogP contribution in [0.2, 0.25) is 5.02 Å². The number of benzene rings is 2. The van der Waals surface area contributed by atoms with E-state index in [1.807, 2.05) is 59.0 Å². The molecular formula is C24H27ClN4O. The molecule has 6 heteroatoms. The molecule has 0 unspecified atom stereocenters. The van der Waals surface area contributed by atoms with Crippen LogP contribution in [0.5, 0.6) is 0 Å². The standard InChI is InChI=1S/C24H27ClN4O/c1-17-4-9-22(25)15-23(17)27-10-12-28(13-11-27)24(30)21-7-5-20(6-8-21)16-29-19(3)14-18(2)26-29/h4-9,14-15H,10-13,16H2,1-3H3. The first-order valence-corrected chi connectivity index (χ1v) is 10.7. The topological polar surface area (TPSA) is 41.4 Å². The molecule has 1 aliphatic rings. The van der Waals surface area contributed by atoms with Crippen LogP contribution in [-0.2, 0) is 6.54 Å². The van der Waals surface area contributed by atoms with Crippen molar-refractivity contribution in [3.05, 3.63) is 81.6 Å². The second-order valence-corrected chi connectivity index (χ2v) is 8.43. The van der Waals surface area contributed by atoms with E-state index in [9.17, 15) is 4.79 Å². The van der Waals surface area contributed by atoms with Gasteiger partial charge in [0.15, 0.2) is 0 Å². The van der Waals surface area contributed by atoms with Gasteiger partial charge < -0.3 is 9.80 Å². The predicted molar refractivity (Wildman–Crippen MR) is 122 cm³/mol. The maximum absolute atomic E-state index is 13.0. The van der Waals surface area contributed by atoms with E-state index in [0.29, 0.717) is 19.6 Å².